The quantitative estimate of drug-likeness (QED) is 0.837. The summed E-state index contributed by atoms with van der Waals surface area (Å²) in [4.78, 5) is 11.1. The van der Waals surface area contributed by atoms with E-state index in [1.807, 2.05) is 44.2 Å². The lowest BCUT2D eigenvalue weighted by molar-refractivity contribution is -0.140. The van der Waals surface area contributed by atoms with Gasteiger partial charge in [0.05, 0.1) is 6.54 Å². The highest BCUT2D eigenvalue weighted by molar-refractivity contribution is 5.73. The van der Waals surface area contributed by atoms with Crippen molar-refractivity contribution >= 4 is 5.97 Å². The lowest BCUT2D eigenvalue weighted by atomic mass is 10.1. The predicted octanol–water partition coefficient (Wildman–Crippen LogP) is 1.94. The summed E-state index contributed by atoms with van der Waals surface area (Å²) < 4.78 is 5.50. The minimum absolute atomic E-state index is 0.0241. The zero-order chi connectivity index (χ0) is 14.5. The minimum atomic E-state index is -0.886. The van der Waals surface area contributed by atoms with Crippen molar-refractivity contribution in [1.29, 1.82) is 0 Å². The first kappa shape index (κ1) is 14.2. The first-order valence-corrected chi connectivity index (χ1v) is 6.42. The lowest BCUT2D eigenvalue weighted by Crippen LogP contribution is -2.40. The molecule has 0 spiro atoms. The van der Waals surface area contributed by atoms with Gasteiger partial charge in [-0.15, -0.1) is 10.2 Å². The standard InChI is InChI=1S/C14H17N3O3/c1-9(2)12(14(18)19)15-8-11-16-17-13(20-11)10-6-4-3-5-7-10/h3-7,9,12,15H,8H2,1-2H3,(H,18,19). The van der Waals surface area contributed by atoms with Crippen LogP contribution in [0.3, 0.4) is 0 Å². The van der Waals surface area contributed by atoms with E-state index in [2.05, 4.69) is 15.5 Å². The van der Waals surface area contributed by atoms with E-state index in [0.717, 1.165) is 5.56 Å². The van der Waals surface area contributed by atoms with Crippen LogP contribution in [0.25, 0.3) is 11.5 Å². The van der Waals surface area contributed by atoms with Crippen molar-refractivity contribution in [3.05, 3.63) is 36.2 Å². The van der Waals surface area contributed by atoms with Crippen molar-refractivity contribution in [2.45, 2.75) is 26.4 Å². The maximum atomic E-state index is 11.1. The average molecular weight is 275 g/mol. The number of nitrogens with one attached hydrogen (secondary N) is 1. The number of hydrogen-bond acceptors (Lipinski definition) is 5. The molecule has 2 N–H and O–H groups in total. The maximum absolute atomic E-state index is 11.1. The molecule has 0 aliphatic heterocycles. The molecular formula is C14H17N3O3. The van der Waals surface area contributed by atoms with Crippen molar-refractivity contribution < 1.29 is 14.3 Å². The van der Waals surface area contributed by atoms with Crippen LogP contribution >= 0.6 is 0 Å². The van der Waals surface area contributed by atoms with E-state index in [-0.39, 0.29) is 12.5 Å². The Morgan fingerprint density at radius 2 is 2.00 bits per heavy atom. The molecular weight excluding hydrogens is 258 g/mol. The SMILES string of the molecule is CC(C)C(NCc1nnc(-c2ccccc2)o1)C(=O)O. The van der Waals surface area contributed by atoms with Crippen LogP contribution in [-0.2, 0) is 11.3 Å². The van der Waals surface area contributed by atoms with Gasteiger partial charge in [-0.1, -0.05) is 32.0 Å². The summed E-state index contributed by atoms with van der Waals surface area (Å²) in [6, 6.07) is 8.79. The van der Waals surface area contributed by atoms with Crippen molar-refractivity contribution in [2.75, 3.05) is 0 Å². The van der Waals surface area contributed by atoms with Crippen LogP contribution in [-0.4, -0.2) is 27.3 Å². The third kappa shape index (κ3) is 3.42. The number of carboxylic acid groups (broad SMARTS) is 1. The molecule has 0 aliphatic rings. The molecule has 0 amide bonds. The highest BCUT2D eigenvalue weighted by Gasteiger charge is 2.21. The molecule has 0 aliphatic carbocycles. The molecule has 0 saturated heterocycles. The Hall–Kier alpha value is -2.21. The van der Waals surface area contributed by atoms with Crippen LogP contribution in [0.4, 0.5) is 0 Å². The molecule has 6 nitrogen and oxygen atoms in total. The average Bonchev–Trinajstić information content (AvgIpc) is 2.88. The van der Waals surface area contributed by atoms with Gasteiger partial charge >= 0.3 is 5.97 Å². The Kier molecular flexibility index (Phi) is 4.47. The first-order valence-electron chi connectivity index (χ1n) is 6.42. The molecule has 6 heteroatoms. The van der Waals surface area contributed by atoms with E-state index in [1.165, 1.54) is 0 Å². The lowest BCUT2D eigenvalue weighted by Gasteiger charge is -2.16. The van der Waals surface area contributed by atoms with Crippen molar-refractivity contribution in [3.63, 3.8) is 0 Å². The van der Waals surface area contributed by atoms with E-state index in [0.29, 0.717) is 11.8 Å². The molecule has 20 heavy (non-hydrogen) atoms. The molecule has 0 saturated carbocycles. The fourth-order valence-electron chi connectivity index (χ4n) is 1.83. The van der Waals surface area contributed by atoms with Gasteiger partial charge in [0.2, 0.25) is 11.8 Å². The molecule has 1 aromatic heterocycles. The monoisotopic (exact) mass is 275 g/mol. The molecule has 0 fully saturated rings. The van der Waals surface area contributed by atoms with Gasteiger partial charge in [-0.3, -0.25) is 10.1 Å². The van der Waals surface area contributed by atoms with Gasteiger partial charge in [-0.05, 0) is 18.1 Å². The molecule has 106 valence electrons. The van der Waals surface area contributed by atoms with Gasteiger partial charge in [0, 0.05) is 5.56 Å². The van der Waals surface area contributed by atoms with E-state index in [1.54, 1.807) is 0 Å². The predicted molar refractivity (Wildman–Crippen MR) is 72.8 cm³/mol. The second-order valence-corrected chi connectivity index (χ2v) is 4.81. The van der Waals surface area contributed by atoms with Crippen LogP contribution < -0.4 is 5.32 Å². The minimum Gasteiger partial charge on any atom is -0.480 e. The number of hydrogen-bond donors (Lipinski definition) is 2. The first-order chi connectivity index (χ1) is 9.58. The van der Waals surface area contributed by atoms with Gasteiger partial charge in [0.1, 0.15) is 6.04 Å². The number of rotatable bonds is 6. The molecule has 2 aromatic rings. The summed E-state index contributed by atoms with van der Waals surface area (Å²) in [5.41, 5.74) is 0.838. The largest absolute Gasteiger partial charge is 0.480 e. The van der Waals surface area contributed by atoms with Crippen LogP contribution in [0.5, 0.6) is 0 Å². The molecule has 1 unspecified atom stereocenters. The Morgan fingerprint density at radius 1 is 1.30 bits per heavy atom. The van der Waals surface area contributed by atoms with Crippen LogP contribution in [0.1, 0.15) is 19.7 Å². The van der Waals surface area contributed by atoms with E-state index < -0.39 is 12.0 Å². The fraction of sp³-hybridized carbons (Fsp3) is 0.357. The second kappa shape index (κ2) is 6.29. The summed E-state index contributed by atoms with van der Waals surface area (Å²) >= 11 is 0. The van der Waals surface area contributed by atoms with E-state index in [9.17, 15) is 4.79 Å². The topological polar surface area (TPSA) is 88.3 Å². The molecule has 0 radical (unpaired) electrons. The van der Waals surface area contributed by atoms with Crippen LogP contribution in [0, 0.1) is 5.92 Å². The fourth-order valence-corrected chi connectivity index (χ4v) is 1.83. The third-order valence-electron chi connectivity index (χ3n) is 2.89. The number of aliphatic carboxylic acids is 1. The van der Waals surface area contributed by atoms with Gasteiger partial charge in [-0.25, -0.2) is 0 Å². The van der Waals surface area contributed by atoms with Gasteiger partial charge in [0.25, 0.3) is 0 Å². The van der Waals surface area contributed by atoms with E-state index in [4.69, 9.17) is 9.52 Å². The summed E-state index contributed by atoms with van der Waals surface area (Å²) in [6.07, 6.45) is 0. The van der Waals surface area contributed by atoms with Crippen molar-refractivity contribution in [3.8, 4) is 11.5 Å². The summed E-state index contributed by atoms with van der Waals surface area (Å²) in [6.45, 7) is 3.92. The Labute approximate surface area is 116 Å². The van der Waals surface area contributed by atoms with E-state index >= 15 is 0 Å². The Balaban J connectivity index is 2.02. The Morgan fingerprint density at radius 3 is 2.60 bits per heavy atom. The third-order valence-corrected chi connectivity index (χ3v) is 2.89. The van der Waals surface area contributed by atoms with Gasteiger partial charge in [-0.2, -0.15) is 0 Å². The number of aromatic nitrogens is 2. The number of benzene rings is 1. The van der Waals surface area contributed by atoms with Gasteiger partial charge in [0.15, 0.2) is 0 Å². The zero-order valence-corrected chi connectivity index (χ0v) is 11.4. The molecule has 1 heterocycles. The van der Waals surface area contributed by atoms with Gasteiger partial charge < -0.3 is 9.52 Å². The molecule has 0 bridgehead atoms. The van der Waals surface area contributed by atoms with Crippen LogP contribution in [0.15, 0.2) is 34.7 Å². The summed E-state index contributed by atoms with van der Waals surface area (Å²) in [5, 5.41) is 19.8. The second-order valence-electron chi connectivity index (χ2n) is 4.81. The zero-order valence-electron chi connectivity index (χ0n) is 11.4. The normalized spacial score (nSPS) is 12.6. The molecule has 1 atom stereocenters. The van der Waals surface area contributed by atoms with Crippen molar-refractivity contribution in [1.82, 2.24) is 15.5 Å². The number of carbonyl (C=O) groups is 1. The highest BCUT2D eigenvalue weighted by atomic mass is 16.4. The van der Waals surface area contributed by atoms with Crippen LogP contribution in [0.2, 0.25) is 0 Å². The smallest absolute Gasteiger partial charge is 0.320 e. The number of nitrogens with zero attached hydrogens (tertiary/aromatic N) is 2. The molecule has 2 rings (SSSR count). The number of carboxylic acids is 1. The maximum Gasteiger partial charge on any atom is 0.320 e. The summed E-state index contributed by atoms with van der Waals surface area (Å²) in [5.74, 6) is -0.110. The van der Waals surface area contributed by atoms with Crippen molar-refractivity contribution in [2.24, 2.45) is 5.92 Å². The highest BCUT2D eigenvalue weighted by Crippen LogP contribution is 2.16. The summed E-state index contributed by atoms with van der Waals surface area (Å²) in [7, 11) is 0. The Bertz CT molecular complexity index is 566. The molecule has 1 aromatic carbocycles.